The summed E-state index contributed by atoms with van der Waals surface area (Å²) in [6.45, 7) is 0.625. The number of nitrogens with zero attached hydrogens (tertiary/aromatic N) is 3. The molecule has 3 rings (SSSR count). The molecule has 0 spiro atoms. The molecule has 1 fully saturated rings. The third-order valence-corrected chi connectivity index (χ3v) is 4.70. The maximum atomic E-state index is 12.7. The fourth-order valence-electron chi connectivity index (χ4n) is 3.16. The summed E-state index contributed by atoms with van der Waals surface area (Å²) in [5.41, 5.74) is -1.00. The number of ether oxygens (including phenoxy) is 1. The van der Waals surface area contributed by atoms with Gasteiger partial charge in [0.25, 0.3) is 17.3 Å². The van der Waals surface area contributed by atoms with Gasteiger partial charge in [-0.2, -0.15) is 0 Å². The minimum absolute atomic E-state index is 0.112. The minimum atomic E-state index is -1.03. The third-order valence-electron chi connectivity index (χ3n) is 4.70. The van der Waals surface area contributed by atoms with Crippen molar-refractivity contribution in [3.05, 3.63) is 73.8 Å². The monoisotopic (exact) mass is 415 g/mol. The van der Waals surface area contributed by atoms with Crippen molar-refractivity contribution in [1.82, 2.24) is 4.90 Å². The Labute approximate surface area is 169 Å². The van der Waals surface area contributed by atoms with Crippen molar-refractivity contribution in [2.24, 2.45) is 0 Å². The van der Waals surface area contributed by atoms with Crippen molar-refractivity contribution in [1.29, 1.82) is 0 Å². The molecule has 30 heavy (non-hydrogen) atoms. The highest BCUT2D eigenvalue weighted by atomic mass is 16.6. The maximum Gasteiger partial charge on any atom is 0.335 e. The zero-order valence-electron chi connectivity index (χ0n) is 15.6. The molecule has 11 heteroatoms. The van der Waals surface area contributed by atoms with Crippen LogP contribution in [0.25, 0.3) is 0 Å². The summed E-state index contributed by atoms with van der Waals surface area (Å²) in [4.78, 5) is 45.5. The van der Waals surface area contributed by atoms with Crippen LogP contribution in [0.1, 0.15) is 33.6 Å². The first-order valence-corrected chi connectivity index (χ1v) is 8.98. The second-order valence-electron chi connectivity index (χ2n) is 6.69. The standard InChI is InChI=1S/C19H17N3O8/c23-18(13-9-14(21(26)27)11-15(10-13)22(28)29)20-7-5-17(6-8-20)30-16-3-1-12(2-4-16)19(24)25/h1-4,9-11,17H,5-8H2,(H,24,25). The average molecular weight is 415 g/mol. The first kappa shape index (κ1) is 20.7. The summed E-state index contributed by atoms with van der Waals surface area (Å²) in [5.74, 6) is -1.04. The zero-order valence-corrected chi connectivity index (χ0v) is 15.6. The number of hydrogen-bond acceptors (Lipinski definition) is 7. The van der Waals surface area contributed by atoms with Gasteiger partial charge in [0.15, 0.2) is 0 Å². The van der Waals surface area contributed by atoms with Gasteiger partial charge in [-0.3, -0.25) is 25.0 Å². The first-order valence-electron chi connectivity index (χ1n) is 8.98. The van der Waals surface area contributed by atoms with E-state index in [9.17, 15) is 29.8 Å². The van der Waals surface area contributed by atoms with Gasteiger partial charge in [-0.05, 0) is 24.3 Å². The van der Waals surface area contributed by atoms with Gasteiger partial charge in [-0.1, -0.05) is 0 Å². The number of carboxylic acids is 1. The lowest BCUT2D eigenvalue weighted by molar-refractivity contribution is -0.394. The molecule has 1 heterocycles. The molecule has 0 aromatic heterocycles. The lowest BCUT2D eigenvalue weighted by Gasteiger charge is -2.32. The number of hydrogen-bond donors (Lipinski definition) is 1. The molecule has 156 valence electrons. The number of benzene rings is 2. The van der Waals surface area contributed by atoms with E-state index < -0.39 is 33.1 Å². The molecule has 0 unspecified atom stereocenters. The highest BCUT2D eigenvalue weighted by Crippen LogP contribution is 2.25. The Morgan fingerprint density at radius 3 is 1.93 bits per heavy atom. The fraction of sp³-hybridized carbons (Fsp3) is 0.263. The largest absolute Gasteiger partial charge is 0.490 e. The van der Waals surface area contributed by atoms with E-state index in [2.05, 4.69) is 0 Å². The van der Waals surface area contributed by atoms with E-state index in [1.54, 1.807) is 12.1 Å². The average Bonchev–Trinajstić information content (AvgIpc) is 2.73. The highest BCUT2D eigenvalue weighted by Gasteiger charge is 2.27. The Balaban J connectivity index is 1.64. The van der Waals surface area contributed by atoms with Gasteiger partial charge >= 0.3 is 5.97 Å². The van der Waals surface area contributed by atoms with Crippen molar-refractivity contribution >= 4 is 23.3 Å². The van der Waals surface area contributed by atoms with Gasteiger partial charge in [0.2, 0.25) is 0 Å². The van der Waals surface area contributed by atoms with Crippen LogP contribution in [-0.4, -0.2) is 50.9 Å². The van der Waals surface area contributed by atoms with Crippen molar-refractivity contribution in [3.63, 3.8) is 0 Å². The SMILES string of the molecule is O=C(O)c1ccc(OC2CCN(C(=O)c3cc([N+](=O)[O-])cc([N+](=O)[O-])c3)CC2)cc1. The quantitative estimate of drug-likeness (QED) is 0.558. The number of piperidine rings is 1. The number of carbonyl (C=O) groups is 2. The van der Waals surface area contributed by atoms with Gasteiger partial charge in [-0.25, -0.2) is 4.79 Å². The summed E-state index contributed by atoms with van der Waals surface area (Å²) in [5, 5.41) is 30.9. The van der Waals surface area contributed by atoms with Crippen molar-refractivity contribution in [2.75, 3.05) is 13.1 Å². The summed E-state index contributed by atoms with van der Waals surface area (Å²) in [6, 6.07) is 8.86. The molecule has 11 nitrogen and oxygen atoms in total. The molecular formula is C19H17N3O8. The summed E-state index contributed by atoms with van der Waals surface area (Å²) >= 11 is 0. The zero-order chi connectivity index (χ0) is 21.8. The van der Waals surface area contributed by atoms with E-state index >= 15 is 0 Å². The van der Waals surface area contributed by atoms with Crippen LogP contribution in [0, 0.1) is 20.2 Å². The Kier molecular flexibility index (Phi) is 5.90. The maximum absolute atomic E-state index is 12.7. The Bertz CT molecular complexity index is 965. The number of likely N-dealkylation sites (tertiary alicyclic amines) is 1. The lowest BCUT2D eigenvalue weighted by Crippen LogP contribution is -2.41. The summed E-state index contributed by atoms with van der Waals surface area (Å²) in [6.07, 6.45) is 0.788. The van der Waals surface area contributed by atoms with E-state index in [0.717, 1.165) is 18.2 Å². The predicted octanol–water partition coefficient (Wildman–Crippen LogP) is 2.88. The molecule has 0 bridgehead atoms. The summed E-state index contributed by atoms with van der Waals surface area (Å²) < 4.78 is 5.82. The highest BCUT2D eigenvalue weighted by molar-refractivity contribution is 5.95. The molecule has 1 aliphatic heterocycles. The van der Waals surface area contributed by atoms with Gasteiger partial charge in [0.05, 0.1) is 27.0 Å². The molecule has 0 aliphatic carbocycles. The van der Waals surface area contributed by atoms with E-state index in [-0.39, 0.29) is 17.2 Å². The number of aromatic carboxylic acids is 1. The van der Waals surface area contributed by atoms with Crippen LogP contribution >= 0.6 is 0 Å². The van der Waals surface area contributed by atoms with Crippen molar-refractivity contribution in [2.45, 2.75) is 18.9 Å². The number of amides is 1. The number of nitro groups is 2. The normalized spacial score (nSPS) is 14.2. The van der Waals surface area contributed by atoms with Gasteiger partial charge in [0, 0.05) is 38.1 Å². The molecule has 1 N–H and O–H groups in total. The van der Waals surface area contributed by atoms with E-state index in [0.29, 0.717) is 31.7 Å². The molecule has 2 aromatic carbocycles. The Hall–Kier alpha value is -4.02. The molecule has 1 aliphatic rings. The van der Waals surface area contributed by atoms with Crippen LogP contribution in [0.3, 0.4) is 0 Å². The molecule has 0 saturated carbocycles. The third kappa shape index (κ3) is 4.69. The number of non-ortho nitro benzene ring substituents is 2. The van der Waals surface area contributed by atoms with Gasteiger partial charge in [0.1, 0.15) is 11.9 Å². The lowest BCUT2D eigenvalue weighted by atomic mass is 10.1. The fourth-order valence-corrected chi connectivity index (χ4v) is 3.16. The van der Waals surface area contributed by atoms with Crippen LogP contribution < -0.4 is 4.74 Å². The first-order chi connectivity index (χ1) is 14.2. The number of rotatable bonds is 6. The number of carboxylic acid groups (broad SMARTS) is 1. The summed E-state index contributed by atoms with van der Waals surface area (Å²) in [7, 11) is 0. The smallest absolute Gasteiger partial charge is 0.335 e. The van der Waals surface area contributed by atoms with Crippen LogP contribution in [0.4, 0.5) is 11.4 Å². The predicted molar refractivity (Wildman–Crippen MR) is 103 cm³/mol. The van der Waals surface area contributed by atoms with Crippen molar-refractivity contribution in [3.8, 4) is 5.75 Å². The Morgan fingerprint density at radius 1 is 0.933 bits per heavy atom. The Morgan fingerprint density at radius 2 is 1.47 bits per heavy atom. The van der Waals surface area contributed by atoms with E-state index in [1.807, 2.05) is 0 Å². The van der Waals surface area contributed by atoms with Crippen LogP contribution in [0.15, 0.2) is 42.5 Å². The molecule has 2 aromatic rings. The molecule has 1 saturated heterocycles. The molecule has 1 amide bonds. The van der Waals surface area contributed by atoms with Gasteiger partial charge < -0.3 is 14.7 Å². The van der Waals surface area contributed by atoms with Crippen LogP contribution in [0.2, 0.25) is 0 Å². The molecule has 0 atom stereocenters. The number of nitro benzene ring substituents is 2. The van der Waals surface area contributed by atoms with E-state index in [1.165, 1.54) is 17.0 Å². The second kappa shape index (κ2) is 8.55. The van der Waals surface area contributed by atoms with Crippen LogP contribution in [-0.2, 0) is 0 Å². The van der Waals surface area contributed by atoms with E-state index in [4.69, 9.17) is 9.84 Å². The van der Waals surface area contributed by atoms with Crippen LogP contribution in [0.5, 0.6) is 5.75 Å². The van der Waals surface area contributed by atoms with Gasteiger partial charge in [-0.15, -0.1) is 0 Å². The number of carbonyl (C=O) groups excluding carboxylic acids is 1. The molecular weight excluding hydrogens is 398 g/mol. The topological polar surface area (TPSA) is 153 Å². The second-order valence-corrected chi connectivity index (χ2v) is 6.69. The molecule has 0 radical (unpaired) electrons. The van der Waals surface area contributed by atoms with Crippen molar-refractivity contribution < 1.29 is 29.3 Å². The minimum Gasteiger partial charge on any atom is -0.490 e.